The molecular weight excluding hydrogens is 270 g/mol. The normalized spacial score (nSPS) is 11.3. The molecule has 0 radical (unpaired) electrons. The number of rotatable bonds is 8. The van der Waals surface area contributed by atoms with Gasteiger partial charge < -0.3 is 20.5 Å². The Hall–Kier alpha value is -2.26. The zero-order valence-electron chi connectivity index (χ0n) is 12.4. The van der Waals surface area contributed by atoms with Crippen molar-refractivity contribution in [1.29, 1.82) is 5.26 Å². The van der Waals surface area contributed by atoms with Gasteiger partial charge in [-0.2, -0.15) is 5.26 Å². The lowest BCUT2D eigenvalue weighted by Gasteiger charge is -2.16. The first-order valence-corrected chi connectivity index (χ1v) is 6.76. The van der Waals surface area contributed by atoms with Gasteiger partial charge in [0.1, 0.15) is 0 Å². The van der Waals surface area contributed by atoms with Crippen molar-refractivity contribution in [2.45, 2.75) is 25.8 Å². The van der Waals surface area contributed by atoms with Crippen molar-refractivity contribution >= 4 is 5.91 Å². The van der Waals surface area contributed by atoms with E-state index in [1.807, 2.05) is 25.1 Å². The summed E-state index contributed by atoms with van der Waals surface area (Å²) in [7, 11) is 1.55. The Bertz CT molecular complexity index is 509. The minimum atomic E-state index is -0.275. The molecule has 0 aliphatic heterocycles. The highest BCUT2D eigenvalue weighted by Crippen LogP contribution is 2.31. The number of para-hydroxylation sites is 1. The van der Waals surface area contributed by atoms with Crippen LogP contribution in [0.5, 0.6) is 11.5 Å². The summed E-state index contributed by atoms with van der Waals surface area (Å²) < 4.78 is 10.8. The van der Waals surface area contributed by atoms with Crippen LogP contribution in [0.1, 0.15) is 18.9 Å². The maximum atomic E-state index is 11.6. The quantitative estimate of drug-likeness (QED) is 0.696. The lowest BCUT2D eigenvalue weighted by Crippen LogP contribution is -2.30. The second kappa shape index (κ2) is 8.82. The summed E-state index contributed by atoms with van der Waals surface area (Å²) in [6, 6.07) is 7.46. The molecule has 1 aromatic carbocycles. The van der Waals surface area contributed by atoms with Crippen LogP contribution in [0.15, 0.2) is 18.2 Å². The Balaban J connectivity index is 2.71. The van der Waals surface area contributed by atoms with E-state index in [0.717, 1.165) is 5.56 Å². The fraction of sp³-hybridized carbons (Fsp3) is 0.467. The van der Waals surface area contributed by atoms with E-state index in [1.165, 1.54) is 0 Å². The number of nitrogens with zero attached hydrogens (tertiary/aromatic N) is 1. The molecule has 1 rings (SSSR count). The van der Waals surface area contributed by atoms with Crippen LogP contribution in [0.4, 0.5) is 0 Å². The van der Waals surface area contributed by atoms with Gasteiger partial charge in [-0.25, -0.2) is 0 Å². The molecule has 21 heavy (non-hydrogen) atoms. The van der Waals surface area contributed by atoms with E-state index >= 15 is 0 Å². The van der Waals surface area contributed by atoms with Gasteiger partial charge in [0.15, 0.2) is 18.1 Å². The Morgan fingerprint density at radius 2 is 2.29 bits per heavy atom. The van der Waals surface area contributed by atoms with Crippen molar-refractivity contribution in [3.8, 4) is 17.6 Å². The third kappa shape index (κ3) is 5.71. The minimum absolute atomic E-state index is 0.0242. The number of hydrogen-bond donors (Lipinski definition) is 2. The van der Waals surface area contributed by atoms with E-state index in [4.69, 9.17) is 20.5 Å². The number of ether oxygens (including phenoxy) is 2. The number of carbonyl (C=O) groups excluding carboxylic acids is 1. The third-order valence-electron chi connectivity index (χ3n) is 2.73. The average Bonchev–Trinajstić information content (AvgIpc) is 2.45. The maximum absolute atomic E-state index is 11.6. The number of benzene rings is 1. The molecule has 3 N–H and O–H groups in total. The van der Waals surface area contributed by atoms with Gasteiger partial charge in [-0.05, 0) is 25.0 Å². The van der Waals surface area contributed by atoms with E-state index in [9.17, 15) is 4.79 Å². The second-order valence-electron chi connectivity index (χ2n) is 4.68. The second-order valence-corrected chi connectivity index (χ2v) is 4.68. The molecule has 1 aromatic rings. The van der Waals surface area contributed by atoms with E-state index < -0.39 is 0 Å². The molecule has 1 amide bonds. The highest BCUT2D eigenvalue weighted by molar-refractivity contribution is 5.77. The molecule has 1 atom stereocenters. The predicted molar refractivity (Wildman–Crippen MR) is 79.1 cm³/mol. The molecule has 0 aliphatic rings. The molecule has 0 bridgehead atoms. The monoisotopic (exact) mass is 291 g/mol. The Kier molecular flexibility index (Phi) is 7.05. The summed E-state index contributed by atoms with van der Waals surface area (Å²) in [5.41, 5.74) is 6.71. The lowest BCUT2D eigenvalue weighted by molar-refractivity contribution is -0.123. The van der Waals surface area contributed by atoms with Crippen molar-refractivity contribution in [2.75, 3.05) is 20.3 Å². The van der Waals surface area contributed by atoms with Crippen LogP contribution in [0, 0.1) is 11.3 Å². The Labute approximate surface area is 124 Å². The SMILES string of the molecule is COc1cccc(CC(C)N)c1OCC(=O)NCCC#N. The molecule has 0 fully saturated rings. The third-order valence-corrected chi connectivity index (χ3v) is 2.73. The largest absolute Gasteiger partial charge is 0.493 e. The van der Waals surface area contributed by atoms with Crippen LogP contribution < -0.4 is 20.5 Å². The molecule has 0 saturated heterocycles. The summed E-state index contributed by atoms with van der Waals surface area (Å²) in [6.07, 6.45) is 0.902. The van der Waals surface area contributed by atoms with Crippen LogP contribution in [0.25, 0.3) is 0 Å². The van der Waals surface area contributed by atoms with Gasteiger partial charge in [-0.15, -0.1) is 0 Å². The number of carbonyl (C=O) groups is 1. The first kappa shape index (κ1) is 16.8. The standard InChI is InChI=1S/C15H21N3O3/c1-11(17)9-12-5-3-6-13(20-2)15(12)21-10-14(19)18-8-4-7-16/h3,5-6,11H,4,8-10,17H2,1-2H3,(H,18,19). The lowest BCUT2D eigenvalue weighted by atomic mass is 10.1. The van der Waals surface area contributed by atoms with Crippen molar-refractivity contribution in [3.63, 3.8) is 0 Å². The summed E-state index contributed by atoms with van der Waals surface area (Å²) in [6.45, 7) is 2.09. The van der Waals surface area contributed by atoms with Crippen molar-refractivity contribution < 1.29 is 14.3 Å². The summed E-state index contributed by atoms with van der Waals surface area (Å²) in [5.74, 6) is 0.827. The number of nitrogens with one attached hydrogen (secondary N) is 1. The average molecular weight is 291 g/mol. The Morgan fingerprint density at radius 1 is 1.52 bits per heavy atom. The van der Waals surface area contributed by atoms with Gasteiger partial charge >= 0.3 is 0 Å². The highest BCUT2D eigenvalue weighted by atomic mass is 16.5. The molecule has 0 aliphatic carbocycles. The summed E-state index contributed by atoms with van der Waals surface area (Å²) in [4.78, 5) is 11.6. The summed E-state index contributed by atoms with van der Waals surface area (Å²) in [5, 5.41) is 11.0. The number of hydrogen-bond acceptors (Lipinski definition) is 5. The maximum Gasteiger partial charge on any atom is 0.257 e. The molecule has 114 valence electrons. The molecule has 6 nitrogen and oxygen atoms in total. The van der Waals surface area contributed by atoms with Gasteiger partial charge in [0.2, 0.25) is 0 Å². The van der Waals surface area contributed by atoms with Gasteiger partial charge in [0.25, 0.3) is 5.91 Å². The summed E-state index contributed by atoms with van der Waals surface area (Å²) >= 11 is 0. The van der Waals surface area contributed by atoms with Crippen LogP contribution in [-0.4, -0.2) is 32.2 Å². The van der Waals surface area contributed by atoms with Gasteiger partial charge in [-0.3, -0.25) is 4.79 Å². The molecule has 0 heterocycles. The zero-order valence-corrected chi connectivity index (χ0v) is 12.4. The number of amides is 1. The van der Waals surface area contributed by atoms with Crippen LogP contribution in [0.3, 0.4) is 0 Å². The molecular formula is C15H21N3O3. The fourth-order valence-electron chi connectivity index (χ4n) is 1.84. The molecule has 1 unspecified atom stereocenters. The van der Waals surface area contributed by atoms with Gasteiger partial charge in [-0.1, -0.05) is 12.1 Å². The van der Waals surface area contributed by atoms with Crippen molar-refractivity contribution in [3.05, 3.63) is 23.8 Å². The number of methoxy groups -OCH3 is 1. The smallest absolute Gasteiger partial charge is 0.257 e. The van der Waals surface area contributed by atoms with Crippen molar-refractivity contribution in [1.82, 2.24) is 5.32 Å². The van der Waals surface area contributed by atoms with E-state index in [2.05, 4.69) is 5.32 Å². The minimum Gasteiger partial charge on any atom is -0.493 e. The van der Waals surface area contributed by atoms with Gasteiger partial charge in [0, 0.05) is 12.6 Å². The highest BCUT2D eigenvalue weighted by Gasteiger charge is 2.13. The fourth-order valence-corrected chi connectivity index (χ4v) is 1.84. The Morgan fingerprint density at radius 3 is 2.90 bits per heavy atom. The van der Waals surface area contributed by atoms with E-state index in [1.54, 1.807) is 13.2 Å². The van der Waals surface area contributed by atoms with Crippen LogP contribution in [0.2, 0.25) is 0 Å². The van der Waals surface area contributed by atoms with E-state index in [0.29, 0.717) is 24.5 Å². The zero-order chi connectivity index (χ0) is 15.7. The van der Waals surface area contributed by atoms with E-state index in [-0.39, 0.29) is 25.0 Å². The molecule has 0 saturated carbocycles. The van der Waals surface area contributed by atoms with Crippen LogP contribution >= 0.6 is 0 Å². The molecule has 6 heteroatoms. The number of nitriles is 1. The topological polar surface area (TPSA) is 97.4 Å². The first-order valence-electron chi connectivity index (χ1n) is 6.76. The number of nitrogens with two attached hydrogens (primary N) is 1. The molecule has 0 spiro atoms. The van der Waals surface area contributed by atoms with Crippen molar-refractivity contribution in [2.24, 2.45) is 5.73 Å². The predicted octanol–water partition coefficient (Wildman–Crippen LogP) is 0.994. The van der Waals surface area contributed by atoms with Gasteiger partial charge in [0.05, 0.1) is 19.6 Å². The molecule has 0 aromatic heterocycles. The van der Waals surface area contributed by atoms with Crippen LogP contribution in [-0.2, 0) is 11.2 Å². The first-order chi connectivity index (χ1) is 10.1.